The van der Waals surface area contributed by atoms with Gasteiger partial charge in [-0.2, -0.15) is 0 Å². The normalized spacial score (nSPS) is 14.4. The van der Waals surface area contributed by atoms with Gasteiger partial charge in [-0.3, -0.25) is 69.5 Å². The smallest absolute Gasteiger partial charge is 0.353 e. The highest BCUT2D eigenvalue weighted by molar-refractivity contribution is 8.06. The van der Waals surface area contributed by atoms with Crippen LogP contribution in [0.15, 0.2) is 0 Å². The molecule has 0 unspecified atom stereocenters. The molecule has 0 aromatic rings. The highest BCUT2D eigenvalue weighted by Crippen LogP contribution is 2.95. The van der Waals surface area contributed by atoms with Crippen molar-refractivity contribution in [2.75, 3.05) is 97.4 Å². The lowest BCUT2D eigenvalue weighted by Gasteiger charge is -2.57. The van der Waals surface area contributed by atoms with E-state index in [2.05, 4.69) is 0 Å². The number of rotatable bonds is 42. The monoisotopic (exact) mass is 2670 g/mol. The summed E-state index contributed by atoms with van der Waals surface area (Å²) < 4.78 is 252. The van der Waals surface area contributed by atoms with E-state index in [1.54, 1.807) is 0 Å². The molecule has 0 aliphatic carbocycles. The topological polar surface area (TPSA) is 2000 Å². The predicted octanol–water partition coefficient (Wildman–Crippen LogP) is -31.2. The molecular formula is C21H78N15O81P27-24. The van der Waals surface area contributed by atoms with E-state index in [4.69, 9.17) is 152 Å². The molecule has 96 nitrogen and oxygen atoms in total. The van der Waals surface area contributed by atoms with Gasteiger partial charge in [-0.05, 0) is 91.1 Å². The summed E-state index contributed by atoms with van der Waals surface area (Å²) in [5, 5.41) is 0. The third-order valence-electron chi connectivity index (χ3n) is 12.7. The van der Waals surface area contributed by atoms with Crippen molar-refractivity contribution in [1.82, 2.24) is 86.0 Å². The standard InChI is InChI=1S/3C5H12N3O3P.6CH8O12P4.6H3N/c3*6-1-3-8(4-2-7)5-12(9,10)11;6*2-14(3,4)1(15(5,6)7,16(8,9)10)17(11,12)13;;;;;;/h3*1-5H2,(H2,9,10,11);6*(H2,2,3,4)(H2,5,6,7)(H2,8,9,10)(H2,11,12,13);6*1H3/p-24. The second-order valence-corrected chi connectivity index (χ2v) is 81.4. The van der Waals surface area contributed by atoms with E-state index in [-0.39, 0.29) is 115 Å². The van der Waals surface area contributed by atoms with E-state index in [9.17, 15) is 270 Å². The fourth-order valence-corrected chi connectivity index (χ4v) is 56.4. The minimum atomic E-state index is -7.19. The molecule has 0 spiro atoms. The molecule has 144 heavy (non-hydrogen) atoms. The third kappa shape index (κ3) is 47.6. The summed E-state index contributed by atoms with van der Waals surface area (Å²) in [6, 6.07) is 0. The van der Waals surface area contributed by atoms with Gasteiger partial charge in [0.15, 0.2) is 0 Å². The van der Waals surface area contributed by atoms with Crippen LogP contribution in [0.25, 0.3) is 0 Å². The molecule has 0 aromatic carbocycles. The lowest BCUT2D eigenvalue weighted by molar-refractivity contribution is -0.333. The van der Waals surface area contributed by atoms with Crippen molar-refractivity contribution in [2.24, 2.45) is 0 Å². The minimum Gasteiger partial charge on any atom is -0.810 e. The van der Waals surface area contributed by atoms with Crippen molar-refractivity contribution in [3.63, 3.8) is 0 Å². The summed E-state index contributed by atoms with van der Waals surface area (Å²) in [7, 11) is -182. The molecule has 0 amide bonds. The summed E-state index contributed by atoms with van der Waals surface area (Å²) in [6.07, 6.45) is -1.93. The summed E-state index contributed by atoms with van der Waals surface area (Å²) in [5.41, 5.74) is 50.7. The second kappa shape index (κ2) is 61.0. The Morgan fingerprint density at radius 3 is 0.222 bits per heavy atom. The summed E-state index contributed by atoms with van der Waals surface area (Å²) in [4.78, 5) is 519. The fraction of sp³-hybridized carbons (Fsp3) is 1.00. The van der Waals surface area contributed by atoms with Crippen LogP contribution in [0.2, 0.25) is 0 Å². The molecule has 48 N–H and O–H groups in total. The third-order valence-corrected chi connectivity index (χ3v) is 87.7. The van der Waals surface area contributed by atoms with E-state index in [1.165, 1.54) is 14.7 Å². The van der Waals surface area contributed by atoms with E-state index in [1.807, 2.05) is 0 Å². The first-order valence-electron chi connectivity index (χ1n) is 29.3. The zero-order valence-electron chi connectivity index (χ0n) is 69.7. The van der Waals surface area contributed by atoms with Crippen molar-refractivity contribution in [1.29, 1.82) is 0 Å². The highest BCUT2D eigenvalue weighted by atomic mass is 31.4. The first-order valence-corrected chi connectivity index (χ1v) is 72.3. The van der Waals surface area contributed by atoms with E-state index in [0.29, 0.717) is 0 Å². The van der Waals surface area contributed by atoms with Gasteiger partial charge in [0.25, 0.3) is 0 Å². The van der Waals surface area contributed by atoms with Crippen LogP contribution < -0.4 is 218 Å². The van der Waals surface area contributed by atoms with Gasteiger partial charge in [0.2, 0.25) is 26.3 Å². The van der Waals surface area contributed by atoms with E-state index < -0.39 is 250 Å². The van der Waals surface area contributed by atoms with Crippen LogP contribution in [0.1, 0.15) is 0 Å². The molecule has 0 rings (SSSR count). The average Bonchev–Trinajstić information content (AvgIpc) is 0.730. The number of hydrogen-bond acceptors (Lipinski definition) is 60. The molecule has 0 saturated carbocycles. The van der Waals surface area contributed by atoms with Gasteiger partial charge >= 0.3 is 91.1 Å². The van der Waals surface area contributed by atoms with Gasteiger partial charge in [0.1, 0.15) is 0 Å². The van der Waals surface area contributed by atoms with Crippen LogP contribution in [-0.4, -0.2) is 256 Å². The molecule has 0 bridgehead atoms. The summed E-state index contributed by atoms with van der Waals surface area (Å²) in [6.45, 7) is -0.946. The maximum Gasteiger partial charge on any atom is 0.353 e. The Morgan fingerprint density at radius 1 is 0.146 bits per heavy atom. The molecule has 0 saturated heterocycles. The van der Waals surface area contributed by atoms with Crippen LogP contribution in [0.5, 0.6) is 0 Å². The van der Waals surface area contributed by atoms with Crippen molar-refractivity contribution >= 4 is 205 Å². The van der Waals surface area contributed by atoms with Gasteiger partial charge < -0.3 is 370 Å². The van der Waals surface area contributed by atoms with Crippen molar-refractivity contribution in [2.45, 2.75) is 26.3 Å². The second-order valence-electron chi connectivity index (χ2n) is 23.1. The van der Waals surface area contributed by atoms with E-state index >= 15 is 0 Å². The molecular weight excluding hydrogens is 2590 g/mol. The Labute approximate surface area is 799 Å². The van der Waals surface area contributed by atoms with Gasteiger partial charge in [-0.25, -0.2) is 0 Å². The van der Waals surface area contributed by atoms with Crippen molar-refractivity contribution in [3.8, 4) is 0 Å². The quantitative estimate of drug-likeness (QED) is 0.0252. The van der Waals surface area contributed by atoms with Gasteiger partial charge in [-0.1, -0.05) is 22.8 Å². The van der Waals surface area contributed by atoms with Crippen molar-refractivity contribution in [3.05, 3.63) is 0 Å². The highest BCUT2D eigenvalue weighted by Gasteiger charge is 2.71. The molecule has 882 valence electrons. The Hall–Kier alpha value is 3.45. The number of hydrogen-bond donors (Lipinski definition) is 30. The maximum absolute atomic E-state index is 10.7. The number of quaternary nitrogens is 6. The lowest BCUT2D eigenvalue weighted by atomic mass is 10.5. The van der Waals surface area contributed by atoms with Crippen LogP contribution in [0.4, 0.5) is 0 Å². The molecule has 0 heterocycles. The zero-order chi connectivity index (χ0) is 116. The molecule has 0 atom stereocenters. The van der Waals surface area contributed by atoms with Gasteiger partial charge in [0.05, 0.1) is 0 Å². The minimum absolute atomic E-state index is 0. The molecule has 12 radical (unpaired) electrons. The largest absolute Gasteiger partial charge is 0.810 e. The summed E-state index contributed by atoms with van der Waals surface area (Å²) in [5.74, 6) is 0. The molecule has 0 fully saturated rings. The van der Waals surface area contributed by atoms with Crippen LogP contribution in [0, 0.1) is 0 Å². The average molecular weight is 2670 g/mol. The van der Waals surface area contributed by atoms with E-state index in [0.717, 1.165) is 0 Å². The van der Waals surface area contributed by atoms with Gasteiger partial charge in [-0.15, -0.1) is 34.4 Å². The first kappa shape index (κ1) is 180. The molecule has 0 aliphatic rings. The van der Waals surface area contributed by atoms with Crippen LogP contribution >= 0.6 is 205 Å². The Morgan fingerprint density at radius 2 is 0.201 bits per heavy atom. The summed E-state index contributed by atoms with van der Waals surface area (Å²) >= 11 is 0. The molecule has 0 aromatic heterocycles. The molecule has 123 heteroatoms. The lowest BCUT2D eigenvalue weighted by Crippen LogP contribution is -2.45. The Bertz CT molecular complexity index is 4050. The maximum atomic E-state index is 10.7. The fourth-order valence-electron chi connectivity index (χ4n) is 8.09. The van der Waals surface area contributed by atoms with Crippen LogP contribution in [0.3, 0.4) is 0 Å². The van der Waals surface area contributed by atoms with Crippen LogP contribution in [-0.2, 0) is 123 Å². The Kier molecular flexibility index (Phi) is 76.3. The number of nitrogens with zero attached hydrogens (tertiary/aromatic N) is 9. The zero-order valence-corrected chi connectivity index (χ0v) is 93.9. The molecule has 0 aliphatic heterocycles. The first-order chi connectivity index (χ1) is 58.5. The van der Waals surface area contributed by atoms with Gasteiger partial charge in [0, 0.05) is 97.4 Å². The predicted molar refractivity (Wildman–Crippen MR) is 402 cm³/mol. The Balaban J connectivity index is -0.0000000998. The SMILES string of the molecule is O=P([O-])([O-])C(P(=O)([O-])[O-])(P(=O)(O)O)P(=O)(O)O.O=P([O-])([O-])C(P(=O)([O-])[O-])(P(=O)(O)O)P(=O)(O)O.O=P([O-])([O-])C(P(=O)([O-])[O-])(P(=O)(O)O)P(=O)(O)O.O=P([O-])([O-])C(P(=O)([O-])[O-])(P(=O)(O)O)P(=O)(O)O.O=P([O-])([O-])C(P(=O)([O-])[O-])(P(=O)(O)O)P(=O)(O)O.O=P([O-])([O-])C(P(=O)([O-])[O-])(P(=O)(O)O)P(=O)(O)O.[NH4+].[NH4+].[NH4+].[NH4+].[NH4+].[NH4+].[N]CCN(CC[N])CP(=O)([O-])[O-].[N]CCN(CC[N])CP(=O)([O-])[O-].[N]CCN(CC[N])CP(=O)([O-])[O-]. The van der Waals surface area contributed by atoms with Crippen molar-refractivity contribution < 1.29 is 388 Å².